The third kappa shape index (κ3) is 5.09. The van der Waals surface area contributed by atoms with Crippen LogP contribution in [-0.4, -0.2) is 31.3 Å². The first-order chi connectivity index (χ1) is 9.12. The summed E-state index contributed by atoms with van der Waals surface area (Å²) < 4.78 is 23.1. The summed E-state index contributed by atoms with van der Waals surface area (Å²) in [6.07, 6.45) is 0.345. The molecule has 0 saturated carbocycles. The SMILES string of the molecule is CCC(=O)C(C)(COCc1ccccc1)OCCF. The van der Waals surface area contributed by atoms with Crippen LogP contribution >= 0.6 is 0 Å². The van der Waals surface area contributed by atoms with Gasteiger partial charge in [-0.15, -0.1) is 0 Å². The molecule has 106 valence electrons. The van der Waals surface area contributed by atoms with Crippen molar-refractivity contribution in [2.45, 2.75) is 32.5 Å². The van der Waals surface area contributed by atoms with Crippen molar-refractivity contribution in [1.82, 2.24) is 0 Å². The smallest absolute Gasteiger partial charge is 0.166 e. The number of carbonyl (C=O) groups is 1. The van der Waals surface area contributed by atoms with Gasteiger partial charge in [0.1, 0.15) is 12.3 Å². The minimum Gasteiger partial charge on any atom is -0.373 e. The van der Waals surface area contributed by atoms with Gasteiger partial charge in [-0.3, -0.25) is 4.79 Å². The molecule has 1 atom stereocenters. The molecule has 0 saturated heterocycles. The molecular weight excluding hydrogens is 247 g/mol. The Kier molecular flexibility index (Phi) is 6.67. The second-order valence-corrected chi connectivity index (χ2v) is 4.52. The predicted molar refractivity (Wildman–Crippen MR) is 71.7 cm³/mol. The molecular formula is C15H21FO3. The fraction of sp³-hybridized carbons (Fsp3) is 0.533. The van der Waals surface area contributed by atoms with E-state index in [4.69, 9.17) is 9.47 Å². The normalized spacial score (nSPS) is 14.1. The second kappa shape index (κ2) is 8.02. The molecule has 19 heavy (non-hydrogen) atoms. The van der Waals surface area contributed by atoms with E-state index in [9.17, 15) is 9.18 Å². The number of Topliss-reactive ketones (excluding diaryl/α,β-unsaturated/α-hetero) is 1. The van der Waals surface area contributed by atoms with Crippen LogP contribution in [0.4, 0.5) is 4.39 Å². The first-order valence-corrected chi connectivity index (χ1v) is 6.47. The first kappa shape index (κ1) is 15.8. The summed E-state index contributed by atoms with van der Waals surface area (Å²) in [5.74, 6) is -0.0750. The van der Waals surface area contributed by atoms with Gasteiger partial charge in [0.15, 0.2) is 5.78 Å². The van der Waals surface area contributed by atoms with Crippen molar-refractivity contribution in [3.63, 3.8) is 0 Å². The van der Waals surface area contributed by atoms with Gasteiger partial charge in [-0.1, -0.05) is 37.3 Å². The number of hydrogen-bond acceptors (Lipinski definition) is 3. The predicted octanol–water partition coefficient (Wildman–Crippen LogP) is 2.93. The molecule has 0 aliphatic carbocycles. The zero-order valence-electron chi connectivity index (χ0n) is 11.5. The highest BCUT2D eigenvalue weighted by Crippen LogP contribution is 2.16. The van der Waals surface area contributed by atoms with E-state index < -0.39 is 12.3 Å². The summed E-state index contributed by atoms with van der Waals surface area (Å²) in [4.78, 5) is 11.9. The van der Waals surface area contributed by atoms with Crippen molar-refractivity contribution in [2.24, 2.45) is 0 Å². The molecule has 0 aliphatic heterocycles. The van der Waals surface area contributed by atoms with Crippen LogP contribution in [0.3, 0.4) is 0 Å². The Balaban J connectivity index is 2.51. The minimum absolute atomic E-state index is 0.0750. The number of ketones is 1. The summed E-state index contributed by atoms with van der Waals surface area (Å²) in [7, 11) is 0. The van der Waals surface area contributed by atoms with Gasteiger partial charge in [0.2, 0.25) is 0 Å². The maximum atomic E-state index is 12.2. The lowest BCUT2D eigenvalue weighted by Gasteiger charge is -2.27. The number of alkyl halides is 1. The fourth-order valence-electron chi connectivity index (χ4n) is 1.78. The van der Waals surface area contributed by atoms with E-state index in [1.807, 2.05) is 30.3 Å². The Bertz CT molecular complexity index is 380. The van der Waals surface area contributed by atoms with Gasteiger partial charge in [0, 0.05) is 6.42 Å². The Labute approximate surface area is 113 Å². The van der Waals surface area contributed by atoms with Gasteiger partial charge in [0.25, 0.3) is 0 Å². The Morgan fingerprint density at radius 2 is 2.00 bits per heavy atom. The van der Waals surface area contributed by atoms with Crippen LogP contribution in [0, 0.1) is 0 Å². The maximum absolute atomic E-state index is 12.2. The molecule has 4 heteroatoms. The average molecular weight is 268 g/mol. The highest BCUT2D eigenvalue weighted by atomic mass is 19.1. The van der Waals surface area contributed by atoms with E-state index in [-0.39, 0.29) is 19.0 Å². The van der Waals surface area contributed by atoms with Crippen LogP contribution in [0.25, 0.3) is 0 Å². The minimum atomic E-state index is -1.06. The third-order valence-electron chi connectivity index (χ3n) is 2.90. The lowest BCUT2D eigenvalue weighted by atomic mass is 10.00. The van der Waals surface area contributed by atoms with Crippen LogP contribution in [0.15, 0.2) is 30.3 Å². The number of hydrogen-bond donors (Lipinski definition) is 0. The van der Waals surface area contributed by atoms with Crippen molar-refractivity contribution in [2.75, 3.05) is 19.9 Å². The third-order valence-corrected chi connectivity index (χ3v) is 2.90. The molecule has 3 nitrogen and oxygen atoms in total. The van der Waals surface area contributed by atoms with E-state index in [1.54, 1.807) is 13.8 Å². The molecule has 0 heterocycles. The topological polar surface area (TPSA) is 35.5 Å². The molecule has 0 radical (unpaired) electrons. The molecule has 1 rings (SSSR count). The van der Waals surface area contributed by atoms with Gasteiger partial charge in [-0.05, 0) is 12.5 Å². The Hall–Kier alpha value is -1.26. The van der Waals surface area contributed by atoms with Crippen molar-refractivity contribution in [1.29, 1.82) is 0 Å². The number of carbonyl (C=O) groups excluding carboxylic acids is 1. The zero-order valence-corrected chi connectivity index (χ0v) is 11.5. The van der Waals surface area contributed by atoms with E-state index in [0.29, 0.717) is 13.0 Å². The van der Waals surface area contributed by atoms with E-state index >= 15 is 0 Å². The lowest BCUT2D eigenvalue weighted by molar-refractivity contribution is -0.152. The van der Waals surface area contributed by atoms with E-state index in [0.717, 1.165) is 5.56 Å². The Morgan fingerprint density at radius 3 is 2.58 bits per heavy atom. The second-order valence-electron chi connectivity index (χ2n) is 4.52. The molecule has 0 N–H and O–H groups in total. The van der Waals surface area contributed by atoms with Crippen LogP contribution < -0.4 is 0 Å². The number of rotatable bonds is 9. The quantitative estimate of drug-likeness (QED) is 0.691. The van der Waals surface area contributed by atoms with Crippen molar-refractivity contribution in [3.05, 3.63) is 35.9 Å². The first-order valence-electron chi connectivity index (χ1n) is 6.47. The summed E-state index contributed by atoms with van der Waals surface area (Å²) in [6.45, 7) is 3.26. The van der Waals surface area contributed by atoms with Gasteiger partial charge >= 0.3 is 0 Å². The number of benzene rings is 1. The summed E-state index contributed by atoms with van der Waals surface area (Å²) in [5, 5.41) is 0. The molecule has 0 fully saturated rings. The molecule has 0 bridgehead atoms. The zero-order chi connectivity index (χ0) is 14.1. The fourth-order valence-corrected chi connectivity index (χ4v) is 1.78. The maximum Gasteiger partial charge on any atom is 0.166 e. The van der Waals surface area contributed by atoms with Crippen LogP contribution in [0.5, 0.6) is 0 Å². The van der Waals surface area contributed by atoms with Gasteiger partial charge in [-0.25, -0.2) is 4.39 Å². The molecule has 1 aromatic carbocycles. The largest absolute Gasteiger partial charge is 0.373 e. The van der Waals surface area contributed by atoms with Gasteiger partial charge in [-0.2, -0.15) is 0 Å². The van der Waals surface area contributed by atoms with Crippen molar-refractivity contribution < 1.29 is 18.7 Å². The van der Waals surface area contributed by atoms with E-state index in [1.165, 1.54) is 0 Å². The summed E-state index contributed by atoms with van der Waals surface area (Å²) in [6, 6.07) is 9.67. The Morgan fingerprint density at radius 1 is 1.32 bits per heavy atom. The monoisotopic (exact) mass is 268 g/mol. The van der Waals surface area contributed by atoms with Gasteiger partial charge < -0.3 is 9.47 Å². The van der Waals surface area contributed by atoms with Crippen molar-refractivity contribution in [3.8, 4) is 0 Å². The lowest BCUT2D eigenvalue weighted by Crippen LogP contribution is -2.43. The standard InChI is InChI=1S/C15H21FO3/c1-3-14(17)15(2,19-10-9-16)12-18-11-13-7-5-4-6-8-13/h4-8H,3,9-12H2,1-2H3. The molecule has 1 unspecified atom stereocenters. The molecule has 0 amide bonds. The molecule has 0 spiro atoms. The summed E-state index contributed by atoms with van der Waals surface area (Å²) in [5.41, 5.74) is -0.0328. The van der Waals surface area contributed by atoms with Gasteiger partial charge in [0.05, 0.1) is 19.8 Å². The average Bonchev–Trinajstić information content (AvgIpc) is 2.45. The van der Waals surface area contributed by atoms with Crippen LogP contribution in [0.2, 0.25) is 0 Å². The van der Waals surface area contributed by atoms with Crippen molar-refractivity contribution >= 4 is 5.78 Å². The highest BCUT2D eigenvalue weighted by Gasteiger charge is 2.33. The number of halogens is 1. The van der Waals surface area contributed by atoms with E-state index in [2.05, 4.69) is 0 Å². The van der Waals surface area contributed by atoms with Crippen LogP contribution in [-0.2, 0) is 20.9 Å². The molecule has 0 aromatic heterocycles. The highest BCUT2D eigenvalue weighted by molar-refractivity contribution is 5.86. The van der Waals surface area contributed by atoms with Crippen LogP contribution in [0.1, 0.15) is 25.8 Å². The number of ether oxygens (including phenoxy) is 2. The molecule has 0 aliphatic rings. The summed E-state index contributed by atoms with van der Waals surface area (Å²) >= 11 is 0. The molecule has 1 aromatic rings.